The van der Waals surface area contributed by atoms with Crippen LogP contribution in [-0.2, 0) is 6.54 Å². The van der Waals surface area contributed by atoms with E-state index in [1.807, 2.05) is 0 Å². The molecular weight excluding hydrogens is 148 g/mol. The molecule has 0 aliphatic rings. The van der Waals surface area contributed by atoms with E-state index in [1.54, 1.807) is 0 Å². The third-order valence-electron chi connectivity index (χ3n) is 1.18. The van der Waals surface area contributed by atoms with Crippen molar-refractivity contribution in [3.05, 3.63) is 45.4 Å². The van der Waals surface area contributed by atoms with Gasteiger partial charge in [0.1, 0.15) is 0 Å². The van der Waals surface area contributed by atoms with Crippen LogP contribution in [0.4, 0.5) is 0 Å². The summed E-state index contributed by atoms with van der Waals surface area (Å²) in [6.45, 7) is -0.235. The lowest BCUT2D eigenvalue weighted by Crippen LogP contribution is -2.23. The Balaban J connectivity index is 2.74. The quantitative estimate of drug-likeness (QED) is 0.262. The second-order valence-electron chi connectivity index (χ2n) is 2.06. The van der Waals surface area contributed by atoms with E-state index >= 15 is 0 Å². The number of pyridine rings is 1. The number of rotatable bonds is 2. The summed E-state index contributed by atoms with van der Waals surface area (Å²) in [6, 6.07) is 2.85. The summed E-state index contributed by atoms with van der Waals surface area (Å²) in [5, 5.41) is 20.4. The predicted molar refractivity (Wildman–Crippen MR) is 36.1 cm³/mol. The Hall–Kier alpha value is -1.65. The highest BCUT2D eigenvalue weighted by atomic mass is 16.6. The molecule has 11 heavy (non-hydrogen) atoms. The summed E-state index contributed by atoms with van der Waals surface area (Å²) in [4.78, 5) is 9.53. The van der Waals surface area contributed by atoms with Gasteiger partial charge in [-0.1, -0.05) is 0 Å². The molecule has 0 radical (unpaired) electrons. The van der Waals surface area contributed by atoms with E-state index in [2.05, 4.69) is 0 Å². The Morgan fingerprint density at radius 1 is 1.45 bits per heavy atom. The molecule has 0 aliphatic carbocycles. The van der Waals surface area contributed by atoms with Gasteiger partial charge < -0.3 is 5.21 Å². The van der Waals surface area contributed by atoms with E-state index in [1.165, 1.54) is 24.5 Å². The standard InChI is InChI=1S/C6H6N2O3/c9-7-3-1-6(2-4-7)5-8(10)11/h1-4H,5H2. The summed E-state index contributed by atoms with van der Waals surface area (Å²) >= 11 is 0. The molecule has 0 bridgehead atoms. The first-order chi connectivity index (χ1) is 5.18. The van der Waals surface area contributed by atoms with Crippen molar-refractivity contribution in [2.45, 2.75) is 6.54 Å². The van der Waals surface area contributed by atoms with Crippen LogP contribution in [0.3, 0.4) is 0 Å². The maximum atomic E-state index is 10.5. The molecule has 1 aromatic heterocycles. The molecule has 0 aromatic carbocycles. The Morgan fingerprint density at radius 2 is 2.00 bits per heavy atom. The number of hydrogen-bond acceptors (Lipinski definition) is 3. The van der Waals surface area contributed by atoms with Crippen molar-refractivity contribution in [3.8, 4) is 0 Å². The molecule has 1 rings (SSSR count). The molecule has 0 spiro atoms. The van der Waals surface area contributed by atoms with Crippen LogP contribution in [-0.4, -0.2) is 4.92 Å². The van der Waals surface area contributed by atoms with Crippen LogP contribution in [0.2, 0.25) is 0 Å². The van der Waals surface area contributed by atoms with Crippen molar-refractivity contribution >= 4 is 0 Å². The fraction of sp³-hybridized carbons (Fsp3) is 0.167. The van der Waals surface area contributed by atoms with Crippen molar-refractivity contribution in [2.24, 2.45) is 0 Å². The maximum absolute atomic E-state index is 10.5. The van der Waals surface area contributed by atoms with E-state index in [4.69, 9.17) is 0 Å². The van der Waals surface area contributed by atoms with Crippen molar-refractivity contribution in [1.29, 1.82) is 0 Å². The van der Waals surface area contributed by atoms with Crippen molar-refractivity contribution in [2.75, 3.05) is 0 Å². The van der Waals surface area contributed by atoms with Gasteiger partial charge in [0.15, 0.2) is 12.4 Å². The van der Waals surface area contributed by atoms with Crippen molar-refractivity contribution in [3.63, 3.8) is 0 Å². The first-order valence-electron chi connectivity index (χ1n) is 2.98. The maximum Gasteiger partial charge on any atom is 0.229 e. The zero-order valence-corrected chi connectivity index (χ0v) is 5.64. The Morgan fingerprint density at radius 3 is 2.45 bits per heavy atom. The number of hydrogen-bond donors (Lipinski definition) is 0. The van der Waals surface area contributed by atoms with Gasteiger partial charge in [-0.3, -0.25) is 10.1 Å². The fourth-order valence-corrected chi connectivity index (χ4v) is 0.698. The normalized spacial score (nSPS) is 9.45. The van der Waals surface area contributed by atoms with Gasteiger partial charge in [-0.15, -0.1) is 0 Å². The van der Waals surface area contributed by atoms with Crippen LogP contribution in [0, 0.1) is 15.3 Å². The molecule has 1 heterocycles. The lowest BCUT2D eigenvalue weighted by molar-refractivity contribution is -0.605. The molecule has 0 atom stereocenters. The Bertz CT molecular complexity index is 257. The number of nitrogens with zero attached hydrogens (tertiary/aromatic N) is 2. The van der Waals surface area contributed by atoms with Gasteiger partial charge >= 0.3 is 0 Å². The predicted octanol–water partition coefficient (Wildman–Crippen LogP) is 0.0967. The van der Waals surface area contributed by atoms with Gasteiger partial charge in [-0.25, -0.2) is 0 Å². The molecule has 0 saturated heterocycles. The molecule has 0 unspecified atom stereocenters. The molecule has 1 aromatic rings. The van der Waals surface area contributed by atoms with Gasteiger partial charge in [0.2, 0.25) is 6.54 Å². The van der Waals surface area contributed by atoms with Gasteiger partial charge in [0.05, 0.1) is 0 Å². The number of nitro groups is 1. The lowest BCUT2D eigenvalue weighted by atomic mass is 10.3. The largest absolute Gasteiger partial charge is 0.619 e. The van der Waals surface area contributed by atoms with Gasteiger partial charge in [-0.2, -0.15) is 4.73 Å². The second kappa shape index (κ2) is 2.96. The molecule has 0 amide bonds. The molecule has 0 fully saturated rings. The van der Waals surface area contributed by atoms with E-state index in [0.29, 0.717) is 10.3 Å². The summed E-state index contributed by atoms with van der Waals surface area (Å²) < 4.78 is 0.587. The zero-order chi connectivity index (χ0) is 8.27. The van der Waals surface area contributed by atoms with Crippen molar-refractivity contribution in [1.82, 2.24) is 0 Å². The minimum atomic E-state index is -0.440. The van der Waals surface area contributed by atoms with E-state index in [-0.39, 0.29) is 6.54 Å². The topological polar surface area (TPSA) is 70.1 Å². The third-order valence-corrected chi connectivity index (χ3v) is 1.18. The van der Waals surface area contributed by atoms with E-state index < -0.39 is 4.92 Å². The van der Waals surface area contributed by atoms with Crippen LogP contribution in [0.1, 0.15) is 5.56 Å². The molecule has 0 N–H and O–H groups in total. The Labute approximate surface area is 62.6 Å². The lowest BCUT2D eigenvalue weighted by Gasteiger charge is -1.94. The Kier molecular flexibility index (Phi) is 2.00. The zero-order valence-electron chi connectivity index (χ0n) is 5.64. The van der Waals surface area contributed by atoms with Crippen LogP contribution >= 0.6 is 0 Å². The minimum absolute atomic E-state index is 0.235. The average molecular weight is 154 g/mol. The highest BCUT2D eigenvalue weighted by molar-refractivity contribution is 5.05. The van der Waals surface area contributed by atoms with Crippen LogP contribution < -0.4 is 4.73 Å². The average Bonchev–Trinajstić information content (AvgIpc) is 1.93. The van der Waals surface area contributed by atoms with E-state index in [9.17, 15) is 15.3 Å². The van der Waals surface area contributed by atoms with E-state index in [0.717, 1.165) is 0 Å². The van der Waals surface area contributed by atoms with Crippen LogP contribution in [0.5, 0.6) is 0 Å². The number of aromatic nitrogens is 1. The molecule has 0 aliphatic heterocycles. The van der Waals surface area contributed by atoms with Crippen molar-refractivity contribution < 1.29 is 9.65 Å². The molecule has 0 saturated carbocycles. The van der Waals surface area contributed by atoms with Gasteiger partial charge in [0, 0.05) is 22.6 Å². The first-order valence-corrected chi connectivity index (χ1v) is 2.98. The molecule has 5 heteroatoms. The van der Waals surface area contributed by atoms with Crippen LogP contribution in [0.15, 0.2) is 24.5 Å². The highest BCUT2D eigenvalue weighted by Crippen LogP contribution is 1.95. The molecule has 58 valence electrons. The van der Waals surface area contributed by atoms with Gasteiger partial charge in [0.25, 0.3) is 0 Å². The monoisotopic (exact) mass is 154 g/mol. The SMILES string of the molecule is O=[N+]([O-])Cc1cc[n+]([O-])cc1. The highest BCUT2D eigenvalue weighted by Gasteiger charge is 2.01. The molecule has 5 nitrogen and oxygen atoms in total. The van der Waals surface area contributed by atoms with Crippen LogP contribution in [0.25, 0.3) is 0 Å². The smallest absolute Gasteiger partial charge is 0.229 e. The third kappa shape index (κ3) is 2.21. The minimum Gasteiger partial charge on any atom is -0.619 e. The summed E-state index contributed by atoms with van der Waals surface area (Å²) in [7, 11) is 0. The summed E-state index contributed by atoms with van der Waals surface area (Å²) in [6.07, 6.45) is 2.47. The van der Waals surface area contributed by atoms with Gasteiger partial charge in [-0.05, 0) is 0 Å². The second-order valence-corrected chi connectivity index (χ2v) is 2.06. The summed E-state index contributed by atoms with van der Waals surface area (Å²) in [5.41, 5.74) is 0.530. The fourth-order valence-electron chi connectivity index (χ4n) is 0.698. The summed E-state index contributed by atoms with van der Waals surface area (Å²) in [5.74, 6) is 0. The first kappa shape index (κ1) is 7.46. The molecular formula is C6H6N2O3.